The molecule has 6 heteroatoms. The topological polar surface area (TPSA) is 52.7 Å². The molecule has 0 bridgehead atoms. The normalized spacial score (nSPS) is 18.7. The lowest BCUT2D eigenvalue weighted by molar-refractivity contribution is -0.117. The van der Waals surface area contributed by atoms with Gasteiger partial charge >= 0.3 is 0 Å². The number of benzene rings is 2. The molecule has 2 amide bonds. The quantitative estimate of drug-likeness (QED) is 0.683. The number of hydrogen-bond acceptors (Lipinski definition) is 3. The molecule has 2 heterocycles. The van der Waals surface area contributed by atoms with Crippen LogP contribution >= 0.6 is 0 Å². The molecular formula is C20H18FN3O2. The molecule has 0 unspecified atom stereocenters. The number of hydrogen-bond donors (Lipinski definition) is 1. The van der Waals surface area contributed by atoms with E-state index in [-0.39, 0.29) is 11.4 Å². The van der Waals surface area contributed by atoms with Gasteiger partial charge in [0.1, 0.15) is 11.4 Å². The molecule has 132 valence electrons. The van der Waals surface area contributed by atoms with Gasteiger partial charge in [0.05, 0.1) is 11.4 Å². The van der Waals surface area contributed by atoms with Crippen molar-refractivity contribution in [2.24, 2.45) is 0 Å². The molecular weight excluding hydrogens is 333 g/mol. The summed E-state index contributed by atoms with van der Waals surface area (Å²) in [6.45, 7) is 1.70. The van der Waals surface area contributed by atoms with Gasteiger partial charge in [-0.3, -0.25) is 15.0 Å². The van der Waals surface area contributed by atoms with Crippen LogP contribution in [-0.4, -0.2) is 24.9 Å². The van der Waals surface area contributed by atoms with Crippen molar-refractivity contribution in [1.82, 2.24) is 5.43 Å². The smallest absolute Gasteiger partial charge is 0.282 e. The number of hydrazine groups is 1. The van der Waals surface area contributed by atoms with E-state index in [9.17, 15) is 14.0 Å². The molecule has 0 spiro atoms. The van der Waals surface area contributed by atoms with Gasteiger partial charge in [-0.05, 0) is 48.7 Å². The zero-order valence-electron chi connectivity index (χ0n) is 14.1. The van der Waals surface area contributed by atoms with Gasteiger partial charge in [-0.15, -0.1) is 0 Å². The Kier molecular flexibility index (Phi) is 4.16. The lowest BCUT2D eigenvalue weighted by Gasteiger charge is -2.18. The van der Waals surface area contributed by atoms with Gasteiger partial charge in [0.25, 0.3) is 11.8 Å². The summed E-state index contributed by atoms with van der Waals surface area (Å²) in [7, 11) is 0. The van der Waals surface area contributed by atoms with Crippen molar-refractivity contribution in [3.63, 3.8) is 0 Å². The molecule has 2 fully saturated rings. The fraction of sp³-hybridized carbons (Fsp3) is 0.200. The van der Waals surface area contributed by atoms with E-state index in [1.165, 1.54) is 17.2 Å². The second-order valence-corrected chi connectivity index (χ2v) is 6.38. The fourth-order valence-corrected chi connectivity index (χ4v) is 3.31. The van der Waals surface area contributed by atoms with Crippen LogP contribution in [0.2, 0.25) is 0 Å². The summed E-state index contributed by atoms with van der Waals surface area (Å²) in [5, 5.41) is 1.20. The van der Waals surface area contributed by atoms with E-state index < -0.39 is 11.8 Å². The van der Waals surface area contributed by atoms with Gasteiger partial charge in [0, 0.05) is 13.1 Å². The highest BCUT2D eigenvalue weighted by Crippen LogP contribution is 2.26. The predicted molar refractivity (Wildman–Crippen MR) is 97.9 cm³/mol. The van der Waals surface area contributed by atoms with Gasteiger partial charge in [-0.1, -0.05) is 24.3 Å². The summed E-state index contributed by atoms with van der Waals surface area (Å²) in [6.07, 6.45) is 3.56. The van der Waals surface area contributed by atoms with E-state index in [1.807, 2.05) is 11.0 Å². The van der Waals surface area contributed by atoms with Crippen molar-refractivity contribution in [2.45, 2.75) is 12.8 Å². The molecule has 26 heavy (non-hydrogen) atoms. The molecule has 2 aromatic rings. The van der Waals surface area contributed by atoms with E-state index >= 15 is 0 Å². The second-order valence-electron chi connectivity index (χ2n) is 6.38. The molecule has 5 nitrogen and oxygen atoms in total. The third kappa shape index (κ3) is 2.94. The zero-order chi connectivity index (χ0) is 18.1. The molecule has 2 aliphatic heterocycles. The summed E-state index contributed by atoms with van der Waals surface area (Å²) < 4.78 is 14.4. The molecule has 0 aliphatic carbocycles. The van der Waals surface area contributed by atoms with Crippen LogP contribution in [0, 0.1) is 5.82 Å². The van der Waals surface area contributed by atoms with E-state index in [0.717, 1.165) is 25.9 Å². The van der Waals surface area contributed by atoms with Gasteiger partial charge < -0.3 is 4.90 Å². The number of anilines is 2. The average molecular weight is 351 g/mol. The predicted octanol–water partition coefficient (Wildman–Crippen LogP) is 2.89. The Morgan fingerprint density at radius 3 is 2.42 bits per heavy atom. The third-order valence-corrected chi connectivity index (χ3v) is 4.64. The minimum Gasteiger partial charge on any atom is -0.369 e. The molecule has 1 N–H and O–H groups in total. The Bertz CT molecular complexity index is 889. The average Bonchev–Trinajstić information content (AvgIpc) is 3.27. The minimum atomic E-state index is -0.497. The Labute approximate surface area is 150 Å². The van der Waals surface area contributed by atoms with Gasteiger partial charge in [0.2, 0.25) is 0 Å². The summed E-state index contributed by atoms with van der Waals surface area (Å²) in [6, 6.07) is 13.7. The lowest BCUT2D eigenvalue weighted by atomic mass is 10.1. The minimum absolute atomic E-state index is 0.0119. The largest absolute Gasteiger partial charge is 0.369 e. The maximum absolute atomic E-state index is 14.4. The third-order valence-electron chi connectivity index (χ3n) is 4.64. The monoisotopic (exact) mass is 351 g/mol. The maximum atomic E-state index is 14.4. The van der Waals surface area contributed by atoms with E-state index in [0.29, 0.717) is 16.9 Å². The molecule has 4 rings (SSSR count). The van der Waals surface area contributed by atoms with E-state index in [4.69, 9.17) is 0 Å². The first-order chi connectivity index (χ1) is 12.6. The zero-order valence-corrected chi connectivity index (χ0v) is 14.1. The van der Waals surface area contributed by atoms with Crippen molar-refractivity contribution in [2.75, 3.05) is 23.0 Å². The van der Waals surface area contributed by atoms with Crippen LogP contribution < -0.4 is 15.3 Å². The molecule has 2 aromatic carbocycles. The Hall–Kier alpha value is -3.15. The van der Waals surface area contributed by atoms with Crippen molar-refractivity contribution in [3.05, 3.63) is 65.5 Å². The standard InChI is InChI=1S/C20H18FN3O2/c21-17-13-14(8-9-18(17)23-10-4-5-11-23)12-16-19(25)22-24(20(16)26)15-6-2-1-3-7-15/h1-3,6-9,12-13H,4-5,10-11H2,(H,22,25). The number of rotatable bonds is 3. The first-order valence-electron chi connectivity index (χ1n) is 8.60. The highest BCUT2D eigenvalue weighted by Gasteiger charge is 2.34. The molecule has 0 saturated carbocycles. The van der Waals surface area contributed by atoms with Gasteiger partial charge in [0.15, 0.2) is 0 Å². The summed E-state index contributed by atoms with van der Waals surface area (Å²) >= 11 is 0. The number of amides is 2. The van der Waals surface area contributed by atoms with Crippen molar-refractivity contribution >= 4 is 29.3 Å². The fourth-order valence-electron chi connectivity index (χ4n) is 3.31. The maximum Gasteiger partial charge on any atom is 0.282 e. The van der Waals surface area contributed by atoms with Crippen LogP contribution in [0.15, 0.2) is 54.1 Å². The first kappa shape index (κ1) is 16.3. The highest BCUT2D eigenvalue weighted by atomic mass is 19.1. The van der Waals surface area contributed by atoms with Gasteiger partial charge in [-0.2, -0.15) is 0 Å². The van der Waals surface area contributed by atoms with Crippen LogP contribution in [0.5, 0.6) is 0 Å². The summed E-state index contributed by atoms with van der Waals surface area (Å²) in [4.78, 5) is 26.8. The first-order valence-corrected chi connectivity index (χ1v) is 8.60. The number of carbonyl (C=O) groups is 2. The number of nitrogens with one attached hydrogen (secondary N) is 1. The SMILES string of the molecule is O=C1NN(c2ccccc2)C(=O)C1=Cc1ccc(N2CCCC2)c(F)c1. The van der Waals surface area contributed by atoms with Gasteiger partial charge in [-0.25, -0.2) is 9.40 Å². The Morgan fingerprint density at radius 2 is 1.73 bits per heavy atom. The second kappa shape index (κ2) is 6.63. The number of nitrogens with zero attached hydrogens (tertiary/aromatic N) is 2. The van der Waals surface area contributed by atoms with Crippen LogP contribution in [0.4, 0.5) is 15.8 Å². The van der Waals surface area contributed by atoms with Crippen LogP contribution in [0.25, 0.3) is 6.08 Å². The lowest BCUT2D eigenvalue weighted by Crippen LogP contribution is -2.35. The van der Waals surface area contributed by atoms with E-state index in [2.05, 4.69) is 5.43 Å². The summed E-state index contributed by atoms with van der Waals surface area (Å²) in [5.74, 6) is -1.29. The molecule has 0 radical (unpaired) electrons. The number of carbonyl (C=O) groups excluding carboxylic acids is 2. The molecule has 0 atom stereocenters. The van der Waals surface area contributed by atoms with Crippen molar-refractivity contribution in [3.8, 4) is 0 Å². The number of para-hydroxylation sites is 1. The Morgan fingerprint density at radius 1 is 1.00 bits per heavy atom. The molecule has 2 saturated heterocycles. The molecule has 0 aromatic heterocycles. The van der Waals surface area contributed by atoms with Crippen molar-refractivity contribution in [1.29, 1.82) is 0 Å². The van der Waals surface area contributed by atoms with E-state index in [1.54, 1.807) is 36.4 Å². The van der Waals surface area contributed by atoms with Crippen molar-refractivity contribution < 1.29 is 14.0 Å². The van der Waals surface area contributed by atoms with Crippen LogP contribution in [0.3, 0.4) is 0 Å². The summed E-state index contributed by atoms with van der Waals surface area (Å²) in [5.41, 5.74) is 4.15. The molecule has 2 aliphatic rings. The Balaban J connectivity index is 1.60. The number of halogens is 1. The van der Waals surface area contributed by atoms with Crippen LogP contribution in [-0.2, 0) is 9.59 Å². The van der Waals surface area contributed by atoms with Crippen LogP contribution in [0.1, 0.15) is 18.4 Å². The highest BCUT2D eigenvalue weighted by molar-refractivity contribution is 6.31.